The molecule has 26 heavy (non-hydrogen) atoms. The van der Waals surface area contributed by atoms with Crippen molar-refractivity contribution >= 4 is 23.3 Å². The highest BCUT2D eigenvalue weighted by Crippen LogP contribution is 2.11. The predicted octanol–water partition coefficient (Wildman–Crippen LogP) is 3.11. The van der Waals surface area contributed by atoms with Crippen molar-refractivity contribution in [1.82, 2.24) is 20.5 Å². The number of carbonyl (C=O) groups is 1. The highest BCUT2D eigenvalue weighted by Gasteiger charge is 2.08. The van der Waals surface area contributed by atoms with Crippen LogP contribution >= 0.6 is 11.6 Å². The van der Waals surface area contributed by atoms with Gasteiger partial charge in [0.05, 0.1) is 12.2 Å². The Labute approximate surface area is 156 Å². The molecule has 2 aromatic heterocycles. The molecule has 0 aliphatic heterocycles. The van der Waals surface area contributed by atoms with Crippen LogP contribution in [-0.4, -0.2) is 27.6 Å². The fourth-order valence-corrected chi connectivity index (χ4v) is 2.55. The second-order valence-electron chi connectivity index (χ2n) is 5.61. The topological polar surface area (TPSA) is 79.8 Å². The third kappa shape index (κ3) is 5.26. The maximum absolute atomic E-state index is 12.1. The summed E-state index contributed by atoms with van der Waals surface area (Å²) in [7, 11) is 0. The molecule has 0 bridgehead atoms. The quantitative estimate of drug-likeness (QED) is 0.670. The minimum atomic E-state index is -0.284. The van der Waals surface area contributed by atoms with E-state index >= 15 is 0 Å². The Morgan fingerprint density at radius 3 is 2.69 bits per heavy atom. The van der Waals surface area contributed by atoms with Crippen LogP contribution in [0.1, 0.15) is 21.7 Å². The average Bonchev–Trinajstić information content (AvgIpc) is 2.67. The van der Waals surface area contributed by atoms with Gasteiger partial charge in [-0.3, -0.25) is 9.78 Å². The molecule has 132 valence electrons. The standard InChI is InChI=1S/C19H18ClN5O/c20-15-5-3-4-14(12-15)9-11-22-18-8-7-17(24-25-18)19(26)23-13-16-6-1-2-10-21-16/h1-8,10,12H,9,11,13H2,(H,22,25)(H,23,26). The van der Waals surface area contributed by atoms with Crippen molar-refractivity contribution in [3.63, 3.8) is 0 Å². The van der Waals surface area contributed by atoms with Gasteiger partial charge in [-0.1, -0.05) is 29.8 Å². The van der Waals surface area contributed by atoms with E-state index in [9.17, 15) is 4.79 Å². The number of rotatable bonds is 7. The third-order valence-corrected chi connectivity index (χ3v) is 3.90. The highest BCUT2D eigenvalue weighted by atomic mass is 35.5. The van der Waals surface area contributed by atoms with Crippen LogP contribution in [-0.2, 0) is 13.0 Å². The molecule has 0 aliphatic rings. The largest absolute Gasteiger partial charge is 0.368 e. The number of hydrogen-bond donors (Lipinski definition) is 2. The van der Waals surface area contributed by atoms with E-state index in [1.165, 1.54) is 0 Å². The minimum absolute atomic E-state index is 0.265. The number of halogens is 1. The number of pyridine rings is 1. The lowest BCUT2D eigenvalue weighted by atomic mass is 10.1. The first-order valence-electron chi connectivity index (χ1n) is 8.21. The van der Waals surface area contributed by atoms with Crippen LogP contribution in [0.5, 0.6) is 0 Å². The summed E-state index contributed by atoms with van der Waals surface area (Å²) >= 11 is 5.97. The Balaban J connectivity index is 1.47. The minimum Gasteiger partial charge on any atom is -0.368 e. The molecule has 1 aromatic carbocycles. The van der Waals surface area contributed by atoms with Gasteiger partial charge in [0.15, 0.2) is 5.69 Å². The van der Waals surface area contributed by atoms with E-state index in [1.54, 1.807) is 18.3 Å². The maximum atomic E-state index is 12.1. The number of carbonyl (C=O) groups excluding carboxylic acids is 1. The Bertz CT molecular complexity index is 855. The molecular weight excluding hydrogens is 350 g/mol. The van der Waals surface area contributed by atoms with Crippen molar-refractivity contribution in [2.75, 3.05) is 11.9 Å². The van der Waals surface area contributed by atoms with Gasteiger partial charge in [-0.2, -0.15) is 0 Å². The zero-order valence-corrected chi connectivity index (χ0v) is 14.8. The van der Waals surface area contributed by atoms with Gasteiger partial charge in [0.2, 0.25) is 0 Å². The Hall–Kier alpha value is -2.99. The van der Waals surface area contributed by atoms with Crippen LogP contribution in [0.2, 0.25) is 5.02 Å². The van der Waals surface area contributed by atoms with Gasteiger partial charge in [-0.15, -0.1) is 10.2 Å². The summed E-state index contributed by atoms with van der Waals surface area (Å²) in [5, 5.41) is 14.7. The summed E-state index contributed by atoms with van der Waals surface area (Å²) in [4.78, 5) is 16.2. The van der Waals surface area contributed by atoms with Crippen molar-refractivity contribution in [3.8, 4) is 0 Å². The molecule has 1 amide bonds. The van der Waals surface area contributed by atoms with Gasteiger partial charge >= 0.3 is 0 Å². The lowest BCUT2D eigenvalue weighted by molar-refractivity contribution is 0.0944. The van der Waals surface area contributed by atoms with Crippen LogP contribution in [0, 0.1) is 0 Å². The molecule has 3 aromatic rings. The summed E-state index contributed by atoms with van der Waals surface area (Å²) in [5.41, 5.74) is 2.19. The number of nitrogens with one attached hydrogen (secondary N) is 2. The Morgan fingerprint density at radius 2 is 1.96 bits per heavy atom. The van der Waals surface area contributed by atoms with Crippen molar-refractivity contribution < 1.29 is 4.79 Å². The summed E-state index contributed by atoms with van der Waals surface area (Å²) < 4.78 is 0. The molecule has 0 fully saturated rings. The van der Waals surface area contributed by atoms with E-state index in [0.717, 1.165) is 22.7 Å². The SMILES string of the molecule is O=C(NCc1ccccn1)c1ccc(NCCc2cccc(Cl)c2)nn1. The lowest BCUT2D eigenvalue weighted by Gasteiger charge is -2.07. The normalized spacial score (nSPS) is 10.3. The zero-order valence-electron chi connectivity index (χ0n) is 14.0. The summed E-state index contributed by atoms with van der Waals surface area (Å²) in [6, 6.07) is 16.7. The molecule has 0 spiro atoms. The molecule has 0 radical (unpaired) electrons. The van der Waals surface area contributed by atoms with Crippen LogP contribution in [0.3, 0.4) is 0 Å². The van der Waals surface area contributed by atoms with Crippen LogP contribution in [0.15, 0.2) is 60.8 Å². The smallest absolute Gasteiger partial charge is 0.272 e. The van der Waals surface area contributed by atoms with Gasteiger partial charge in [0, 0.05) is 17.8 Å². The van der Waals surface area contributed by atoms with Gasteiger partial charge in [-0.25, -0.2) is 0 Å². The van der Waals surface area contributed by atoms with Gasteiger partial charge in [0.1, 0.15) is 5.82 Å². The number of amides is 1. The molecule has 2 heterocycles. The average molecular weight is 368 g/mol. The summed E-state index contributed by atoms with van der Waals surface area (Å²) in [5.74, 6) is 0.335. The monoisotopic (exact) mass is 367 g/mol. The first kappa shape index (κ1) is 17.8. The van der Waals surface area contributed by atoms with E-state index in [-0.39, 0.29) is 11.6 Å². The third-order valence-electron chi connectivity index (χ3n) is 3.66. The fourth-order valence-electron chi connectivity index (χ4n) is 2.34. The zero-order chi connectivity index (χ0) is 18.2. The summed E-state index contributed by atoms with van der Waals surface area (Å²) in [6.07, 6.45) is 2.50. The van der Waals surface area contributed by atoms with Gasteiger partial charge < -0.3 is 10.6 Å². The molecule has 0 saturated carbocycles. The highest BCUT2D eigenvalue weighted by molar-refractivity contribution is 6.30. The molecular formula is C19H18ClN5O. The van der Waals surface area contributed by atoms with E-state index in [1.807, 2.05) is 42.5 Å². The first-order chi connectivity index (χ1) is 12.7. The molecule has 0 saturated heterocycles. The second-order valence-corrected chi connectivity index (χ2v) is 6.05. The number of hydrogen-bond acceptors (Lipinski definition) is 5. The van der Waals surface area contributed by atoms with E-state index in [4.69, 9.17) is 11.6 Å². The van der Waals surface area contributed by atoms with E-state index in [2.05, 4.69) is 25.8 Å². The molecule has 0 aliphatic carbocycles. The Morgan fingerprint density at radius 1 is 1.04 bits per heavy atom. The maximum Gasteiger partial charge on any atom is 0.272 e. The number of anilines is 1. The van der Waals surface area contributed by atoms with Gasteiger partial charge in [0.25, 0.3) is 5.91 Å². The first-order valence-corrected chi connectivity index (χ1v) is 8.59. The van der Waals surface area contributed by atoms with Crippen molar-refractivity contribution in [2.45, 2.75) is 13.0 Å². The number of benzene rings is 1. The molecule has 3 rings (SSSR count). The number of nitrogens with zero attached hydrogens (tertiary/aromatic N) is 3. The van der Waals surface area contributed by atoms with E-state index in [0.29, 0.717) is 18.9 Å². The Kier molecular flexibility index (Phi) is 6.11. The molecule has 2 N–H and O–H groups in total. The summed E-state index contributed by atoms with van der Waals surface area (Å²) in [6.45, 7) is 1.04. The molecule has 6 nitrogen and oxygen atoms in total. The second kappa shape index (κ2) is 8.92. The number of aromatic nitrogens is 3. The van der Waals surface area contributed by atoms with Crippen LogP contribution in [0.4, 0.5) is 5.82 Å². The molecule has 0 unspecified atom stereocenters. The van der Waals surface area contributed by atoms with Gasteiger partial charge in [-0.05, 0) is 48.4 Å². The van der Waals surface area contributed by atoms with Crippen LogP contribution in [0.25, 0.3) is 0 Å². The van der Waals surface area contributed by atoms with E-state index < -0.39 is 0 Å². The molecule has 7 heteroatoms. The lowest BCUT2D eigenvalue weighted by Crippen LogP contribution is -2.24. The van der Waals surface area contributed by atoms with Crippen molar-refractivity contribution in [3.05, 3.63) is 82.8 Å². The predicted molar refractivity (Wildman–Crippen MR) is 101 cm³/mol. The molecule has 0 atom stereocenters. The fraction of sp³-hybridized carbons (Fsp3) is 0.158. The van der Waals surface area contributed by atoms with Crippen molar-refractivity contribution in [2.24, 2.45) is 0 Å². The van der Waals surface area contributed by atoms with Crippen molar-refractivity contribution in [1.29, 1.82) is 0 Å². The van der Waals surface area contributed by atoms with Crippen LogP contribution < -0.4 is 10.6 Å².